The zero-order valence-electron chi connectivity index (χ0n) is 11.9. The quantitative estimate of drug-likeness (QED) is 0.910. The number of nitrogen functional groups attached to an aromatic ring is 1. The summed E-state index contributed by atoms with van der Waals surface area (Å²) < 4.78 is 13.8. The lowest BCUT2D eigenvalue weighted by atomic mass is 10.1. The number of nitrogens with zero attached hydrogens (tertiary/aromatic N) is 2. The van der Waals surface area contributed by atoms with E-state index in [1.54, 1.807) is 12.3 Å². The highest BCUT2D eigenvalue weighted by atomic mass is 19.1. The van der Waals surface area contributed by atoms with Crippen molar-refractivity contribution < 1.29 is 4.39 Å². The van der Waals surface area contributed by atoms with Gasteiger partial charge in [-0.1, -0.05) is 18.2 Å². The van der Waals surface area contributed by atoms with Gasteiger partial charge in [0.25, 0.3) is 0 Å². The van der Waals surface area contributed by atoms with E-state index in [2.05, 4.69) is 9.88 Å². The highest BCUT2D eigenvalue weighted by Crippen LogP contribution is 2.21. The Kier molecular flexibility index (Phi) is 4.69. The van der Waals surface area contributed by atoms with Crippen LogP contribution in [-0.4, -0.2) is 23.5 Å². The Hall–Kier alpha value is -1.94. The molecule has 1 aromatic carbocycles. The Morgan fingerprint density at radius 2 is 2.00 bits per heavy atom. The van der Waals surface area contributed by atoms with Crippen LogP contribution in [0.15, 0.2) is 42.6 Å². The molecule has 0 saturated carbocycles. The number of halogens is 1. The SMILES string of the molecule is CC(c1ccccc1F)N(C)CCc1ccc(N)cn1. The number of nitrogens with two attached hydrogens (primary N) is 1. The molecule has 4 heteroatoms. The molecule has 0 aliphatic rings. The fourth-order valence-corrected chi connectivity index (χ4v) is 2.12. The average Bonchev–Trinajstić information content (AvgIpc) is 2.46. The van der Waals surface area contributed by atoms with Gasteiger partial charge in [-0.2, -0.15) is 0 Å². The maximum atomic E-state index is 13.8. The summed E-state index contributed by atoms with van der Waals surface area (Å²) in [5, 5.41) is 0. The molecule has 0 amide bonds. The van der Waals surface area contributed by atoms with Crippen molar-refractivity contribution in [2.45, 2.75) is 19.4 Å². The van der Waals surface area contributed by atoms with Crippen molar-refractivity contribution in [3.05, 3.63) is 59.7 Å². The molecule has 2 rings (SSSR count). The van der Waals surface area contributed by atoms with Crippen molar-refractivity contribution in [1.82, 2.24) is 9.88 Å². The molecule has 0 saturated heterocycles. The minimum Gasteiger partial charge on any atom is -0.397 e. The normalized spacial score (nSPS) is 12.6. The summed E-state index contributed by atoms with van der Waals surface area (Å²) in [7, 11) is 1.99. The molecule has 1 heterocycles. The van der Waals surface area contributed by atoms with Crippen LogP contribution in [0, 0.1) is 5.82 Å². The average molecular weight is 273 g/mol. The van der Waals surface area contributed by atoms with Crippen LogP contribution in [0.4, 0.5) is 10.1 Å². The van der Waals surface area contributed by atoms with E-state index in [1.807, 2.05) is 38.2 Å². The van der Waals surface area contributed by atoms with Crippen LogP contribution in [0.1, 0.15) is 24.2 Å². The van der Waals surface area contributed by atoms with E-state index in [1.165, 1.54) is 6.07 Å². The Bertz CT molecular complexity index is 554. The topological polar surface area (TPSA) is 42.1 Å². The second-order valence-corrected chi connectivity index (χ2v) is 5.01. The molecule has 3 nitrogen and oxygen atoms in total. The van der Waals surface area contributed by atoms with Gasteiger partial charge in [0.05, 0.1) is 11.9 Å². The van der Waals surface area contributed by atoms with Gasteiger partial charge in [0, 0.05) is 30.3 Å². The minimum absolute atomic E-state index is 0.0324. The highest BCUT2D eigenvalue weighted by molar-refractivity contribution is 5.34. The fraction of sp³-hybridized carbons (Fsp3) is 0.312. The Morgan fingerprint density at radius 3 is 2.65 bits per heavy atom. The van der Waals surface area contributed by atoms with Crippen LogP contribution >= 0.6 is 0 Å². The highest BCUT2D eigenvalue weighted by Gasteiger charge is 2.14. The third-order valence-corrected chi connectivity index (χ3v) is 3.58. The third kappa shape index (κ3) is 3.54. The molecular formula is C16H20FN3. The summed E-state index contributed by atoms with van der Waals surface area (Å²) in [6.45, 7) is 2.82. The first-order chi connectivity index (χ1) is 9.58. The Labute approximate surface area is 119 Å². The monoisotopic (exact) mass is 273 g/mol. The van der Waals surface area contributed by atoms with Crippen molar-refractivity contribution in [3.8, 4) is 0 Å². The molecule has 0 bridgehead atoms. The fourth-order valence-electron chi connectivity index (χ4n) is 2.12. The summed E-state index contributed by atoms with van der Waals surface area (Å²) in [5.74, 6) is -0.155. The molecule has 106 valence electrons. The second kappa shape index (κ2) is 6.48. The number of pyridine rings is 1. The molecule has 0 radical (unpaired) electrons. The molecule has 20 heavy (non-hydrogen) atoms. The van der Waals surface area contributed by atoms with Gasteiger partial charge in [0.1, 0.15) is 5.82 Å². The molecule has 1 aromatic heterocycles. The van der Waals surface area contributed by atoms with E-state index in [0.29, 0.717) is 5.69 Å². The summed E-state index contributed by atoms with van der Waals surface area (Å²) in [6, 6.07) is 10.7. The maximum Gasteiger partial charge on any atom is 0.127 e. The van der Waals surface area contributed by atoms with E-state index < -0.39 is 0 Å². The molecule has 0 spiro atoms. The molecule has 0 aliphatic carbocycles. The number of hydrogen-bond acceptors (Lipinski definition) is 3. The van der Waals surface area contributed by atoms with Gasteiger partial charge in [-0.3, -0.25) is 9.88 Å². The van der Waals surface area contributed by atoms with Gasteiger partial charge in [0.15, 0.2) is 0 Å². The van der Waals surface area contributed by atoms with Crippen molar-refractivity contribution in [2.75, 3.05) is 19.3 Å². The summed E-state index contributed by atoms with van der Waals surface area (Å²) in [4.78, 5) is 6.40. The van der Waals surface area contributed by atoms with E-state index >= 15 is 0 Å². The van der Waals surface area contributed by atoms with Crippen LogP contribution in [0.5, 0.6) is 0 Å². The first kappa shape index (κ1) is 14.5. The molecule has 2 N–H and O–H groups in total. The van der Waals surface area contributed by atoms with Gasteiger partial charge in [-0.05, 0) is 32.2 Å². The number of rotatable bonds is 5. The summed E-state index contributed by atoms with van der Waals surface area (Å²) in [6.07, 6.45) is 2.48. The maximum absolute atomic E-state index is 13.8. The van der Waals surface area contributed by atoms with Gasteiger partial charge in [0.2, 0.25) is 0 Å². The smallest absolute Gasteiger partial charge is 0.127 e. The lowest BCUT2D eigenvalue weighted by molar-refractivity contribution is 0.258. The second-order valence-electron chi connectivity index (χ2n) is 5.01. The molecule has 1 unspecified atom stereocenters. The van der Waals surface area contributed by atoms with Gasteiger partial charge in [-0.15, -0.1) is 0 Å². The number of hydrogen-bond donors (Lipinski definition) is 1. The number of benzene rings is 1. The molecule has 1 atom stereocenters. The largest absolute Gasteiger partial charge is 0.397 e. The van der Waals surface area contributed by atoms with Crippen molar-refractivity contribution in [2.24, 2.45) is 0 Å². The first-order valence-corrected chi connectivity index (χ1v) is 6.73. The summed E-state index contributed by atoms with van der Waals surface area (Å²) >= 11 is 0. The van der Waals surface area contributed by atoms with Gasteiger partial charge in [-0.25, -0.2) is 4.39 Å². The van der Waals surface area contributed by atoms with E-state index in [0.717, 1.165) is 24.2 Å². The predicted molar refractivity (Wildman–Crippen MR) is 79.8 cm³/mol. The lowest BCUT2D eigenvalue weighted by Crippen LogP contribution is -2.25. The Balaban J connectivity index is 1.96. The standard InChI is InChI=1S/C16H20FN3/c1-12(15-5-3-4-6-16(15)17)20(2)10-9-14-8-7-13(18)11-19-14/h3-8,11-12H,9-10,18H2,1-2H3. The van der Waals surface area contributed by atoms with Crippen molar-refractivity contribution >= 4 is 5.69 Å². The van der Waals surface area contributed by atoms with Gasteiger partial charge < -0.3 is 5.73 Å². The van der Waals surface area contributed by atoms with Gasteiger partial charge >= 0.3 is 0 Å². The minimum atomic E-state index is -0.155. The molecule has 2 aromatic rings. The Morgan fingerprint density at radius 1 is 1.25 bits per heavy atom. The van der Waals surface area contributed by atoms with E-state index in [4.69, 9.17) is 5.73 Å². The van der Waals surface area contributed by atoms with Crippen LogP contribution in [0.25, 0.3) is 0 Å². The number of anilines is 1. The zero-order chi connectivity index (χ0) is 14.5. The van der Waals surface area contributed by atoms with Crippen LogP contribution < -0.4 is 5.73 Å². The van der Waals surface area contributed by atoms with Crippen molar-refractivity contribution in [3.63, 3.8) is 0 Å². The number of aromatic nitrogens is 1. The predicted octanol–water partition coefficient (Wildman–Crippen LogP) is 3.04. The van der Waals surface area contributed by atoms with E-state index in [9.17, 15) is 4.39 Å². The third-order valence-electron chi connectivity index (χ3n) is 3.58. The zero-order valence-corrected chi connectivity index (χ0v) is 11.9. The molecular weight excluding hydrogens is 253 g/mol. The van der Waals surface area contributed by atoms with Crippen LogP contribution in [0.2, 0.25) is 0 Å². The van der Waals surface area contributed by atoms with E-state index in [-0.39, 0.29) is 11.9 Å². The number of likely N-dealkylation sites (N-methyl/N-ethyl adjacent to an activating group) is 1. The molecule has 0 fully saturated rings. The summed E-state index contributed by atoms with van der Waals surface area (Å²) in [5.41, 5.74) is 7.99. The van der Waals surface area contributed by atoms with Crippen LogP contribution in [-0.2, 0) is 6.42 Å². The lowest BCUT2D eigenvalue weighted by Gasteiger charge is -2.25. The first-order valence-electron chi connectivity index (χ1n) is 6.73. The molecule has 0 aliphatic heterocycles. The van der Waals surface area contributed by atoms with Crippen molar-refractivity contribution in [1.29, 1.82) is 0 Å². The van der Waals surface area contributed by atoms with Crippen LogP contribution in [0.3, 0.4) is 0 Å².